The van der Waals surface area contributed by atoms with E-state index in [0.29, 0.717) is 19.3 Å². The summed E-state index contributed by atoms with van der Waals surface area (Å²) in [6.45, 7) is 5.70. The van der Waals surface area contributed by atoms with Gasteiger partial charge >= 0.3 is 5.97 Å². The quantitative estimate of drug-likeness (QED) is 0.908. The number of fused-ring (bicyclic) bond motifs is 1. The average molecular weight is 290 g/mol. The van der Waals surface area contributed by atoms with E-state index >= 15 is 0 Å². The number of carbonyl (C=O) groups excluding carboxylic acids is 1. The maximum Gasteiger partial charge on any atom is 0.306 e. The van der Waals surface area contributed by atoms with Gasteiger partial charge in [0.15, 0.2) is 0 Å². The van der Waals surface area contributed by atoms with Crippen LogP contribution in [0.25, 0.3) is 0 Å². The fourth-order valence-electron chi connectivity index (χ4n) is 3.79. The van der Waals surface area contributed by atoms with Gasteiger partial charge in [-0.1, -0.05) is 0 Å². The van der Waals surface area contributed by atoms with Crippen molar-refractivity contribution >= 4 is 11.9 Å². The molecule has 3 unspecified atom stereocenters. The monoisotopic (exact) mass is 290 g/mol. The molecule has 0 saturated heterocycles. The molecule has 1 aromatic heterocycles. The molecule has 0 aromatic carbocycles. The van der Waals surface area contributed by atoms with E-state index in [-0.39, 0.29) is 23.8 Å². The molecule has 5 heteroatoms. The number of nitrogens with zero attached hydrogens (tertiary/aromatic N) is 2. The van der Waals surface area contributed by atoms with Crippen LogP contribution < -0.4 is 0 Å². The number of carboxylic acids is 1. The molecule has 1 fully saturated rings. The van der Waals surface area contributed by atoms with Crippen molar-refractivity contribution in [1.82, 2.24) is 9.47 Å². The van der Waals surface area contributed by atoms with Crippen molar-refractivity contribution in [3.63, 3.8) is 0 Å². The van der Waals surface area contributed by atoms with Gasteiger partial charge in [-0.05, 0) is 45.2 Å². The number of aryl methyl sites for hydroxylation is 1. The summed E-state index contributed by atoms with van der Waals surface area (Å²) >= 11 is 0. The van der Waals surface area contributed by atoms with Crippen LogP contribution >= 0.6 is 0 Å². The minimum Gasteiger partial charge on any atom is -0.481 e. The maximum absolute atomic E-state index is 12.7. The van der Waals surface area contributed by atoms with E-state index in [1.807, 2.05) is 4.90 Å². The molecule has 1 aromatic rings. The lowest BCUT2D eigenvalue weighted by Gasteiger charge is -2.37. The number of rotatable bonds is 2. The molecular weight excluding hydrogens is 268 g/mol. The normalized spacial score (nSPS) is 28.5. The van der Waals surface area contributed by atoms with Crippen LogP contribution in [-0.4, -0.2) is 33.0 Å². The van der Waals surface area contributed by atoms with Crippen molar-refractivity contribution in [3.05, 3.63) is 23.5 Å². The minimum absolute atomic E-state index is 0.0730. The first-order chi connectivity index (χ1) is 9.99. The zero-order chi connectivity index (χ0) is 15.1. The zero-order valence-corrected chi connectivity index (χ0v) is 12.6. The van der Waals surface area contributed by atoms with Crippen LogP contribution in [0.15, 0.2) is 12.1 Å². The second-order valence-corrected chi connectivity index (χ2v) is 6.30. The number of hydrogen-bond donors (Lipinski definition) is 1. The van der Waals surface area contributed by atoms with E-state index in [2.05, 4.69) is 30.5 Å². The Labute approximate surface area is 124 Å². The van der Waals surface area contributed by atoms with Gasteiger partial charge in [-0.15, -0.1) is 0 Å². The summed E-state index contributed by atoms with van der Waals surface area (Å²) in [4.78, 5) is 25.7. The largest absolute Gasteiger partial charge is 0.481 e. The van der Waals surface area contributed by atoms with E-state index in [1.54, 1.807) is 0 Å². The molecule has 1 aliphatic carbocycles. The topological polar surface area (TPSA) is 62.5 Å². The summed E-state index contributed by atoms with van der Waals surface area (Å²) in [6.07, 6.45) is 1.83. The third kappa shape index (κ3) is 2.34. The van der Waals surface area contributed by atoms with Crippen molar-refractivity contribution in [1.29, 1.82) is 0 Å². The Kier molecular flexibility index (Phi) is 3.51. The zero-order valence-electron chi connectivity index (χ0n) is 12.6. The first kappa shape index (κ1) is 14.2. The summed E-state index contributed by atoms with van der Waals surface area (Å²) < 4.78 is 2.27. The van der Waals surface area contributed by atoms with E-state index < -0.39 is 5.97 Å². The van der Waals surface area contributed by atoms with Crippen LogP contribution in [0.2, 0.25) is 0 Å². The van der Waals surface area contributed by atoms with Gasteiger partial charge in [0.25, 0.3) is 0 Å². The fraction of sp³-hybridized carbons (Fsp3) is 0.625. The third-order valence-corrected chi connectivity index (χ3v) is 5.11. The predicted octanol–water partition coefficient (Wildman–Crippen LogP) is 2.20. The molecule has 0 bridgehead atoms. The van der Waals surface area contributed by atoms with Gasteiger partial charge in [0.05, 0.1) is 12.0 Å². The van der Waals surface area contributed by atoms with E-state index in [4.69, 9.17) is 5.11 Å². The molecule has 0 radical (unpaired) electrons. The molecular formula is C16H22N2O3. The Morgan fingerprint density at radius 3 is 2.57 bits per heavy atom. The number of aliphatic carboxylic acids is 1. The van der Waals surface area contributed by atoms with Gasteiger partial charge in [-0.25, -0.2) is 0 Å². The number of carbonyl (C=O) groups is 2. The molecule has 21 heavy (non-hydrogen) atoms. The maximum atomic E-state index is 12.7. The van der Waals surface area contributed by atoms with Crippen molar-refractivity contribution in [3.8, 4) is 0 Å². The summed E-state index contributed by atoms with van der Waals surface area (Å²) in [5.41, 5.74) is 2.41. The molecule has 1 aliphatic heterocycles. The van der Waals surface area contributed by atoms with Gasteiger partial charge < -0.3 is 14.6 Å². The lowest BCUT2D eigenvalue weighted by molar-refractivity contribution is -0.142. The molecule has 3 rings (SSSR count). The van der Waals surface area contributed by atoms with Crippen molar-refractivity contribution in [2.75, 3.05) is 6.54 Å². The molecule has 2 aliphatic rings. The molecule has 2 heterocycles. The third-order valence-electron chi connectivity index (χ3n) is 5.11. The van der Waals surface area contributed by atoms with Crippen LogP contribution in [-0.2, 0) is 16.1 Å². The molecule has 114 valence electrons. The van der Waals surface area contributed by atoms with Gasteiger partial charge in [0.1, 0.15) is 0 Å². The van der Waals surface area contributed by atoms with Crippen LogP contribution in [0.4, 0.5) is 0 Å². The molecule has 1 N–H and O–H groups in total. The number of amides is 1. The van der Waals surface area contributed by atoms with Crippen LogP contribution in [0.1, 0.15) is 43.6 Å². The number of carboxylic acid groups (broad SMARTS) is 1. The first-order valence-corrected chi connectivity index (χ1v) is 7.68. The molecule has 3 atom stereocenters. The molecule has 1 saturated carbocycles. The first-order valence-electron chi connectivity index (χ1n) is 7.68. The number of aromatic nitrogens is 1. The van der Waals surface area contributed by atoms with E-state index in [0.717, 1.165) is 13.1 Å². The molecule has 5 nitrogen and oxygen atoms in total. The Morgan fingerprint density at radius 2 is 1.90 bits per heavy atom. The Bertz CT molecular complexity index is 578. The Hall–Kier alpha value is -1.78. The average Bonchev–Trinajstić information content (AvgIpc) is 3.06. The van der Waals surface area contributed by atoms with Crippen molar-refractivity contribution in [2.24, 2.45) is 11.8 Å². The Balaban J connectivity index is 1.73. The van der Waals surface area contributed by atoms with Crippen LogP contribution in [0.5, 0.6) is 0 Å². The van der Waals surface area contributed by atoms with E-state index in [1.165, 1.54) is 11.4 Å². The SMILES string of the molecule is Cc1ccc2n1CCN(C(=O)C1CCC(C(=O)O)C1)C2C. The van der Waals surface area contributed by atoms with Crippen LogP contribution in [0.3, 0.4) is 0 Å². The lowest BCUT2D eigenvalue weighted by atomic mass is 10.0. The summed E-state index contributed by atoms with van der Waals surface area (Å²) in [5, 5.41) is 9.08. The van der Waals surface area contributed by atoms with Crippen LogP contribution in [0, 0.1) is 18.8 Å². The highest BCUT2D eigenvalue weighted by Crippen LogP contribution is 2.35. The fourth-order valence-corrected chi connectivity index (χ4v) is 3.79. The Morgan fingerprint density at radius 1 is 1.19 bits per heavy atom. The summed E-state index contributed by atoms with van der Waals surface area (Å²) in [5.74, 6) is -1.08. The summed E-state index contributed by atoms with van der Waals surface area (Å²) in [6, 6.07) is 4.26. The number of hydrogen-bond acceptors (Lipinski definition) is 2. The standard InChI is InChI=1S/C16H22N2O3/c1-10-3-6-14-11(2)18(8-7-17(10)14)15(19)12-4-5-13(9-12)16(20)21/h3,6,11-13H,4-5,7-9H2,1-2H3,(H,20,21). The van der Waals surface area contributed by atoms with Gasteiger partial charge in [0, 0.05) is 30.4 Å². The lowest BCUT2D eigenvalue weighted by Crippen LogP contribution is -2.43. The molecule has 0 spiro atoms. The van der Waals surface area contributed by atoms with Crippen molar-refractivity contribution in [2.45, 2.75) is 45.7 Å². The second-order valence-electron chi connectivity index (χ2n) is 6.30. The minimum atomic E-state index is -0.763. The van der Waals surface area contributed by atoms with E-state index in [9.17, 15) is 9.59 Å². The van der Waals surface area contributed by atoms with Gasteiger partial charge in [0.2, 0.25) is 5.91 Å². The highest BCUT2D eigenvalue weighted by atomic mass is 16.4. The smallest absolute Gasteiger partial charge is 0.306 e. The van der Waals surface area contributed by atoms with Gasteiger partial charge in [-0.2, -0.15) is 0 Å². The highest BCUT2D eigenvalue weighted by Gasteiger charge is 2.38. The summed E-state index contributed by atoms with van der Waals surface area (Å²) in [7, 11) is 0. The molecule has 1 amide bonds. The predicted molar refractivity (Wildman–Crippen MR) is 77.8 cm³/mol. The highest BCUT2D eigenvalue weighted by molar-refractivity contribution is 5.81. The van der Waals surface area contributed by atoms with Gasteiger partial charge in [-0.3, -0.25) is 9.59 Å². The van der Waals surface area contributed by atoms with Crippen molar-refractivity contribution < 1.29 is 14.7 Å². The second kappa shape index (κ2) is 5.20.